The zero-order chi connectivity index (χ0) is 18.4. The standard InChI is InChI=1S/C18H25N5O2/c1-18(2,3)21-16(24)13-22(4)17(25)20-15-8-6-14(7-9-15)12-23-11-5-10-19-23/h5-11H,12-13H2,1-4H3,(H,20,25)(H,21,24). The van der Waals surface area contributed by atoms with Crippen LogP contribution in [0.4, 0.5) is 10.5 Å². The van der Waals surface area contributed by atoms with E-state index in [1.165, 1.54) is 4.90 Å². The van der Waals surface area contributed by atoms with Gasteiger partial charge in [-0.05, 0) is 44.5 Å². The van der Waals surface area contributed by atoms with Gasteiger partial charge in [-0.15, -0.1) is 0 Å². The Bertz CT molecular complexity index is 702. The Morgan fingerprint density at radius 3 is 2.44 bits per heavy atom. The second-order valence-electron chi connectivity index (χ2n) is 6.98. The summed E-state index contributed by atoms with van der Waals surface area (Å²) < 4.78 is 1.83. The molecule has 0 spiro atoms. The Morgan fingerprint density at radius 1 is 1.20 bits per heavy atom. The van der Waals surface area contributed by atoms with Crippen LogP contribution in [0.3, 0.4) is 0 Å². The monoisotopic (exact) mass is 343 g/mol. The van der Waals surface area contributed by atoms with Gasteiger partial charge in [-0.1, -0.05) is 12.1 Å². The van der Waals surface area contributed by atoms with E-state index in [4.69, 9.17) is 0 Å². The lowest BCUT2D eigenvalue weighted by molar-refractivity contribution is -0.122. The van der Waals surface area contributed by atoms with Crippen LogP contribution in [-0.2, 0) is 11.3 Å². The molecule has 1 aromatic carbocycles. The van der Waals surface area contributed by atoms with E-state index in [1.54, 1.807) is 13.2 Å². The van der Waals surface area contributed by atoms with Gasteiger partial charge in [0.2, 0.25) is 5.91 Å². The zero-order valence-electron chi connectivity index (χ0n) is 15.1. The molecule has 3 amide bonds. The number of nitrogens with zero attached hydrogens (tertiary/aromatic N) is 3. The molecule has 0 saturated heterocycles. The molecule has 0 aliphatic carbocycles. The minimum absolute atomic E-state index is 0.000482. The number of urea groups is 1. The number of carbonyl (C=O) groups excluding carboxylic acids is 2. The van der Waals surface area contributed by atoms with Crippen molar-refractivity contribution in [2.75, 3.05) is 18.9 Å². The summed E-state index contributed by atoms with van der Waals surface area (Å²) in [6, 6.07) is 9.08. The summed E-state index contributed by atoms with van der Waals surface area (Å²) in [6.07, 6.45) is 3.63. The van der Waals surface area contributed by atoms with Crippen molar-refractivity contribution < 1.29 is 9.59 Å². The quantitative estimate of drug-likeness (QED) is 0.874. The normalized spacial score (nSPS) is 11.0. The van der Waals surface area contributed by atoms with Gasteiger partial charge in [-0.3, -0.25) is 9.48 Å². The molecular formula is C18H25N5O2. The van der Waals surface area contributed by atoms with Gasteiger partial charge in [-0.2, -0.15) is 5.10 Å². The first kappa shape index (κ1) is 18.5. The molecule has 0 bridgehead atoms. The highest BCUT2D eigenvalue weighted by atomic mass is 16.2. The molecule has 0 aliphatic rings. The number of likely N-dealkylation sites (N-methyl/N-ethyl adjacent to an activating group) is 1. The van der Waals surface area contributed by atoms with Gasteiger partial charge < -0.3 is 15.5 Å². The number of benzene rings is 1. The predicted octanol–water partition coefficient (Wildman–Crippen LogP) is 2.31. The Labute approximate surface area is 148 Å². The summed E-state index contributed by atoms with van der Waals surface area (Å²) in [7, 11) is 1.59. The largest absolute Gasteiger partial charge is 0.350 e. The minimum Gasteiger partial charge on any atom is -0.350 e. The maximum Gasteiger partial charge on any atom is 0.322 e. The summed E-state index contributed by atoms with van der Waals surface area (Å²) in [4.78, 5) is 25.4. The summed E-state index contributed by atoms with van der Waals surface area (Å²) in [5.74, 6) is -0.195. The number of hydrogen-bond acceptors (Lipinski definition) is 3. The highest BCUT2D eigenvalue weighted by molar-refractivity contribution is 5.92. The Morgan fingerprint density at radius 2 is 1.88 bits per heavy atom. The number of anilines is 1. The highest BCUT2D eigenvalue weighted by Crippen LogP contribution is 2.11. The summed E-state index contributed by atoms with van der Waals surface area (Å²) in [5, 5.41) is 9.77. The van der Waals surface area contributed by atoms with E-state index in [-0.39, 0.29) is 24.0 Å². The van der Waals surface area contributed by atoms with Gasteiger partial charge in [0, 0.05) is 30.7 Å². The number of nitrogens with one attached hydrogen (secondary N) is 2. The third-order valence-electron chi connectivity index (χ3n) is 3.35. The van der Waals surface area contributed by atoms with Crippen molar-refractivity contribution in [2.24, 2.45) is 0 Å². The van der Waals surface area contributed by atoms with E-state index in [0.717, 1.165) is 5.56 Å². The van der Waals surface area contributed by atoms with Crippen LogP contribution < -0.4 is 10.6 Å². The summed E-state index contributed by atoms with van der Waals surface area (Å²) in [5.41, 5.74) is 1.44. The summed E-state index contributed by atoms with van der Waals surface area (Å²) in [6.45, 7) is 6.37. The van der Waals surface area contributed by atoms with Crippen LogP contribution >= 0.6 is 0 Å². The first-order chi connectivity index (χ1) is 11.7. The molecule has 0 radical (unpaired) electrons. The molecule has 7 nitrogen and oxygen atoms in total. The van der Waals surface area contributed by atoms with Crippen molar-refractivity contribution in [1.82, 2.24) is 20.0 Å². The van der Waals surface area contributed by atoms with E-state index >= 15 is 0 Å². The molecule has 134 valence electrons. The van der Waals surface area contributed by atoms with E-state index in [2.05, 4.69) is 15.7 Å². The van der Waals surface area contributed by atoms with Crippen LogP contribution in [0.2, 0.25) is 0 Å². The molecule has 2 N–H and O–H groups in total. The number of carbonyl (C=O) groups is 2. The van der Waals surface area contributed by atoms with Gasteiger partial charge in [-0.25, -0.2) is 4.79 Å². The minimum atomic E-state index is -0.330. The molecule has 1 aromatic heterocycles. The first-order valence-corrected chi connectivity index (χ1v) is 8.12. The lowest BCUT2D eigenvalue weighted by Gasteiger charge is -2.23. The van der Waals surface area contributed by atoms with E-state index in [0.29, 0.717) is 12.2 Å². The molecular weight excluding hydrogens is 318 g/mol. The van der Waals surface area contributed by atoms with Crippen molar-refractivity contribution in [2.45, 2.75) is 32.9 Å². The van der Waals surface area contributed by atoms with Crippen molar-refractivity contribution in [1.29, 1.82) is 0 Å². The van der Waals surface area contributed by atoms with Crippen LogP contribution in [0.25, 0.3) is 0 Å². The SMILES string of the molecule is CN(CC(=O)NC(C)(C)C)C(=O)Nc1ccc(Cn2cccn2)cc1. The third kappa shape index (κ3) is 6.29. The topological polar surface area (TPSA) is 79.3 Å². The summed E-state index contributed by atoms with van der Waals surface area (Å²) >= 11 is 0. The van der Waals surface area contributed by atoms with Crippen LogP contribution in [0.5, 0.6) is 0 Å². The zero-order valence-corrected chi connectivity index (χ0v) is 15.1. The van der Waals surface area contributed by atoms with Crippen LogP contribution in [-0.4, -0.2) is 45.8 Å². The number of aromatic nitrogens is 2. The molecule has 25 heavy (non-hydrogen) atoms. The highest BCUT2D eigenvalue weighted by Gasteiger charge is 2.17. The second-order valence-corrected chi connectivity index (χ2v) is 6.98. The van der Waals surface area contributed by atoms with Crippen molar-refractivity contribution >= 4 is 17.6 Å². The lowest BCUT2D eigenvalue weighted by Crippen LogP contribution is -2.47. The van der Waals surface area contributed by atoms with Crippen LogP contribution in [0, 0.1) is 0 Å². The Hall–Kier alpha value is -2.83. The van der Waals surface area contributed by atoms with Crippen LogP contribution in [0.15, 0.2) is 42.7 Å². The maximum atomic E-state index is 12.2. The Kier molecular flexibility index (Phi) is 5.80. The van der Waals surface area contributed by atoms with Gasteiger partial charge in [0.15, 0.2) is 0 Å². The van der Waals surface area contributed by atoms with Crippen molar-refractivity contribution in [3.05, 3.63) is 48.3 Å². The molecule has 0 aliphatic heterocycles. The molecule has 2 rings (SSSR count). The molecule has 0 unspecified atom stereocenters. The fourth-order valence-corrected chi connectivity index (χ4v) is 2.24. The van der Waals surface area contributed by atoms with Gasteiger partial charge in [0.05, 0.1) is 6.54 Å². The van der Waals surface area contributed by atoms with Crippen LogP contribution in [0.1, 0.15) is 26.3 Å². The first-order valence-electron chi connectivity index (χ1n) is 8.12. The molecule has 1 heterocycles. The van der Waals surface area contributed by atoms with Crippen molar-refractivity contribution in [3.8, 4) is 0 Å². The maximum absolute atomic E-state index is 12.2. The van der Waals surface area contributed by atoms with E-state index in [1.807, 2.05) is 62.0 Å². The third-order valence-corrected chi connectivity index (χ3v) is 3.35. The smallest absolute Gasteiger partial charge is 0.322 e. The van der Waals surface area contributed by atoms with E-state index < -0.39 is 0 Å². The second kappa shape index (κ2) is 7.83. The Balaban J connectivity index is 1.86. The number of rotatable bonds is 5. The molecule has 0 atom stereocenters. The molecule has 7 heteroatoms. The van der Waals surface area contributed by atoms with Gasteiger partial charge in [0.25, 0.3) is 0 Å². The van der Waals surface area contributed by atoms with E-state index in [9.17, 15) is 9.59 Å². The fraction of sp³-hybridized carbons (Fsp3) is 0.389. The fourth-order valence-electron chi connectivity index (χ4n) is 2.24. The predicted molar refractivity (Wildman–Crippen MR) is 97.3 cm³/mol. The molecule has 0 fully saturated rings. The number of amides is 3. The molecule has 0 saturated carbocycles. The molecule has 2 aromatic rings. The van der Waals surface area contributed by atoms with Crippen molar-refractivity contribution in [3.63, 3.8) is 0 Å². The average molecular weight is 343 g/mol. The lowest BCUT2D eigenvalue weighted by atomic mass is 10.1. The number of hydrogen-bond donors (Lipinski definition) is 2. The van der Waals surface area contributed by atoms with Gasteiger partial charge >= 0.3 is 6.03 Å². The average Bonchev–Trinajstić information content (AvgIpc) is 3.00. The van der Waals surface area contributed by atoms with Gasteiger partial charge in [0.1, 0.15) is 6.54 Å².